The molecule has 2 aromatic rings. The maximum atomic E-state index is 13.0. The normalized spacial score (nSPS) is 18.2. The molecule has 138 valence electrons. The van der Waals surface area contributed by atoms with Crippen LogP contribution in [-0.2, 0) is 9.59 Å². The third kappa shape index (κ3) is 4.07. The molecule has 26 heavy (non-hydrogen) atoms. The minimum absolute atomic E-state index is 0.126. The van der Waals surface area contributed by atoms with Crippen molar-refractivity contribution in [2.24, 2.45) is 5.92 Å². The summed E-state index contributed by atoms with van der Waals surface area (Å²) >= 11 is 1.37. The fraction of sp³-hybridized carbons (Fsp3) is 0.444. The summed E-state index contributed by atoms with van der Waals surface area (Å²) in [5.41, 5.74) is 0.596. The fourth-order valence-corrected chi connectivity index (χ4v) is 3.83. The Morgan fingerprint density at radius 3 is 2.81 bits per heavy atom. The third-order valence-electron chi connectivity index (χ3n) is 4.45. The Morgan fingerprint density at radius 1 is 1.38 bits per heavy atom. The van der Waals surface area contributed by atoms with Crippen molar-refractivity contribution in [3.05, 3.63) is 35.1 Å². The summed E-state index contributed by atoms with van der Waals surface area (Å²) in [6.07, 6.45) is 2.21. The van der Waals surface area contributed by atoms with Crippen LogP contribution in [0, 0.1) is 11.7 Å². The van der Waals surface area contributed by atoms with Gasteiger partial charge < -0.3 is 10.2 Å². The quantitative estimate of drug-likeness (QED) is 0.836. The molecule has 1 aliphatic rings. The average molecular weight is 376 g/mol. The van der Waals surface area contributed by atoms with Crippen molar-refractivity contribution in [2.45, 2.75) is 39.0 Å². The number of halogens is 1. The highest BCUT2D eigenvalue weighted by molar-refractivity contribution is 7.15. The Hall–Kier alpha value is -2.35. The standard InChI is InChI=1S/C18H21FN4O2S/c1-3-4-11(2)17-21-22-18(26-17)20-16(25)12-9-15(24)23(10-12)14-7-5-13(19)6-8-14/h5-8,11-12H,3-4,9-10H2,1-2H3,(H,20,22,25). The van der Waals surface area contributed by atoms with Crippen LogP contribution in [0.5, 0.6) is 0 Å². The summed E-state index contributed by atoms with van der Waals surface area (Å²) < 4.78 is 13.0. The molecule has 8 heteroatoms. The molecular formula is C18H21FN4O2S. The SMILES string of the molecule is CCCC(C)c1nnc(NC(=O)C2CC(=O)N(c3ccc(F)cc3)C2)s1. The van der Waals surface area contributed by atoms with Gasteiger partial charge in [0.05, 0.1) is 5.92 Å². The fourth-order valence-electron chi connectivity index (χ4n) is 3.00. The lowest BCUT2D eigenvalue weighted by Gasteiger charge is -2.16. The summed E-state index contributed by atoms with van der Waals surface area (Å²) in [6.45, 7) is 4.48. The predicted octanol–water partition coefficient (Wildman–Crippen LogP) is 3.57. The van der Waals surface area contributed by atoms with Gasteiger partial charge in [-0.2, -0.15) is 0 Å². The van der Waals surface area contributed by atoms with Gasteiger partial charge in [0, 0.05) is 24.6 Å². The van der Waals surface area contributed by atoms with Crippen LogP contribution < -0.4 is 10.2 Å². The summed E-state index contributed by atoms with van der Waals surface area (Å²) in [7, 11) is 0. The number of carbonyl (C=O) groups excluding carboxylic acids is 2. The lowest BCUT2D eigenvalue weighted by atomic mass is 10.1. The molecule has 0 radical (unpaired) electrons. The topological polar surface area (TPSA) is 75.2 Å². The number of benzene rings is 1. The maximum Gasteiger partial charge on any atom is 0.231 e. The van der Waals surface area contributed by atoms with E-state index in [0.717, 1.165) is 17.8 Å². The lowest BCUT2D eigenvalue weighted by Crippen LogP contribution is -2.28. The molecule has 2 amide bonds. The van der Waals surface area contributed by atoms with Crippen molar-refractivity contribution < 1.29 is 14.0 Å². The van der Waals surface area contributed by atoms with Crippen molar-refractivity contribution in [1.82, 2.24) is 10.2 Å². The third-order valence-corrected chi connectivity index (χ3v) is 5.52. The van der Waals surface area contributed by atoms with Crippen molar-refractivity contribution >= 4 is 34.0 Å². The zero-order valence-corrected chi connectivity index (χ0v) is 15.6. The summed E-state index contributed by atoms with van der Waals surface area (Å²) in [5.74, 6) is -0.905. The molecule has 0 saturated carbocycles. The van der Waals surface area contributed by atoms with E-state index in [4.69, 9.17) is 0 Å². The van der Waals surface area contributed by atoms with E-state index >= 15 is 0 Å². The van der Waals surface area contributed by atoms with E-state index in [-0.39, 0.29) is 30.6 Å². The van der Waals surface area contributed by atoms with Crippen LogP contribution in [0.1, 0.15) is 44.0 Å². The van der Waals surface area contributed by atoms with Gasteiger partial charge in [-0.05, 0) is 30.7 Å². The highest BCUT2D eigenvalue weighted by atomic mass is 32.1. The van der Waals surface area contributed by atoms with Crippen LogP contribution in [0.25, 0.3) is 0 Å². The van der Waals surface area contributed by atoms with E-state index in [0.29, 0.717) is 16.7 Å². The molecule has 2 unspecified atom stereocenters. The lowest BCUT2D eigenvalue weighted by molar-refractivity contribution is -0.122. The van der Waals surface area contributed by atoms with Gasteiger partial charge in [0.1, 0.15) is 10.8 Å². The molecule has 0 aliphatic carbocycles. The summed E-state index contributed by atoms with van der Waals surface area (Å²) in [4.78, 5) is 26.2. The number of hydrogen-bond donors (Lipinski definition) is 1. The monoisotopic (exact) mass is 376 g/mol. The molecule has 2 atom stereocenters. The molecule has 1 fully saturated rings. The van der Waals surface area contributed by atoms with Crippen LogP contribution in [0.2, 0.25) is 0 Å². The average Bonchev–Trinajstić information content (AvgIpc) is 3.23. The van der Waals surface area contributed by atoms with Gasteiger partial charge in [0.2, 0.25) is 16.9 Å². The molecule has 0 spiro atoms. The number of hydrogen-bond acceptors (Lipinski definition) is 5. The number of aromatic nitrogens is 2. The second-order valence-corrected chi connectivity index (χ2v) is 7.52. The molecule has 1 aromatic heterocycles. The zero-order chi connectivity index (χ0) is 18.7. The molecule has 1 N–H and O–H groups in total. The Morgan fingerprint density at radius 2 is 2.12 bits per heavy atom. The van der Waals surface area contributed by atoms with E-state index in [1.54, 1.807) is 12.1 Å². The van der Waals surface area contributed by atoms with Crippen LogP contribution >= 0.6 is 11.3 Å². The van der Waals surface area contributed by atoms with Crippen molar-refractivity contribution in [2.75, 3.05) is 16.8 Å². The number of anilines is 2. The molecular weight excluding hydrogens is 355 g/mol. The van der Waals surface area contributed by atoms with E-state index in [1.807, 2.05) is 0 Å². The van der Waals surface area contributed by atoms with Gasteiger partial charge in [-0.15, -0.1) is 10.2 Å². The van der Waals surface area contributed by atoms with E-state index < -0.39 is 5.92 Å². The van der Waals surface area contributed by atoms with Gasteiger partial charge >= 0.3 is 0 Å². The number of nitrogens with zero attached hydrogens (tertiary/aromatic N) is 3. The molecule has 0 bridgehead atoms. The van der Waals surface area contributed by atoms with Crippen LogP contribution in [0.3, 0.4) is 0 Å². The number of amides is 2. The van der Waals surface area contributed by atoms with E-state index in [1.165, 1.54) is 28.4 Å². The molecule has 6 nitrogen and oxygen atoms in total. The molecule has 1 saturated heterocycles. The smallest absolute Gasteiger partial charge is 0.231 e. The van der Waals surface area contributed by atoms with Crippen molar-refractivity contribution in [3.63, 3.8) is 0 Å². The Bertz CT molecular complexity index is 793. The minimum atomic E-state index is -0.465. The van der Waals surface area contributed by atoms with Crippen LogP contribution in [0.15, 0.2) is 24.3 Å². The molecule has 1 aliphatic heterocycles. The minimum Gasteiger partial charge on any atom is -0.312 e. The van der Waals surface area contributed by atoms with E-state index in [9.17, 15) is 14.0 Å². The highest BCUT2D eigenvalue weighted by Crippen LogP contribution is 2.29. The second kappa shape index (κ2) is 7.90. The van der Waals surface area contributed by atoms with Crippen molar-refractivity contribution in [1.29, 1.82) is 0 Å². The van der Waals surface area contributed by atoms with E-state index in [2.05, 4.69) is 29.4 Å². The first-order valence-corrected chi connectivity index (χ1v) is 9.49. The highest BCUT2D eigenvalue weighted by Gasteiger charge is 2.35. The van der Waals surface area contributed by atoms with Crippen LogP contribution in [0.4, 0.5) is 15.2 Å². The zero-order valence-electron chi connectivity index (χ0n) is 14.7. The van der Waals surface area contributed by atoms with Gasteiger partial charge in [-0.1, -0.05) is 31.6 Å². The number of nitrogens with one attached hydrogen (secondary N) is 1. The molecule has 2 heterocycles. The Kier molecular flexibility index (Phi) is 5.61. The number of rotatable bonds is 6. The summed E-state index contributed by atoms with van der Waals surface area (Å²) in [5, 5.41) is 12.3. The first-order valence-electron chi connectivity index (χ1n) is 8.68. The second-order valence-electron chi connectivity index (χ2n) is 6.51. The first kappa shape index (κ1) is 18.4. The van der Waals surface area contributed by atoms with Crippen molar-refractivity contribution in [3.8, 4) is 0 Å². The van der Waals surface area contributed by atoms with Gasteiger partial charge in [-0.3, -0.25) is 9.59 Å². The largest absolute Gasteiger partial charge is 0.312 e. The maximum absolute atomic E-state index is 13.0. The van der Waals surface area contributed by atoms with Gasteiger partial charge in [0.15, 0.2) is 0 Å². The van der Waals surface area contributed by atoms with Crippen LogP contribution in [-0.4, -0.2) is 28.6 Å². The van der Waals surface area contributed by atoms with Gasteiger partial charge in [0.25, 0.3) is 0 Å². The molecule has 3 rings (SSSR count). The number of carbonyl (C=O) groups is 2. The first-order chi connectivity index (χ1) is 12.5. The Balaban J connectivity index is 1.62. The Labute approximate surface area is 155 Å². The summed E-state index contributed by atoms with van der Waals surface area (Å²) in [6, 6.07) is 5.69. The predicted molar refractivity (Wildman–Crippen MR) is 98.7 cm³/mol. The van der Waals surface area contributed by atoms with Gasteiger partial charge in [-0.25, -0.2) is 4.39 Å². The molecule has 1 aromatic carbocycles.